The summed E-state index contributed by atoms with van der Waals surface area (Å²) in [6.07, 6.45) is 0.199. The first-order chi connectivity index (χ1) is 13.1. The Labute approximate surface area is 158 Å². The normalized spacial score (nSPS) is 23.4. The number of aliphatic hydroxyl groups excluding tert-OH is 1. The molecule has 3 atom stereocenters. The third kappa shape index (κ3) is 2.42. The lowest BCUT2D eigenvalue weighted by molar-refractivity contribution is 0.0917. The van der Waals surface area contributed by atoms with Crippen molar-refractivity contribution >= 4 is 11.6 Å². The van der Waals surface area contributed by atoms with Gasteiger partial charge in [-0.15, -0.1) is 0 Å². The molecule has 1 heterocycles. The largest absolute Gasteiger partial charge is 0.388 e. The summed E-state index contributed by atoms with van der Waals surface area (Å²) in [6.45, 7) is 2.04. The molecular weight excluding hydrogens is 334 g/mol. The van der Waals surface area contributed by atoms with E-state index < -0.39 is 6.10 Å². The van der Waals surface area contributed by atoms with Crippen LogP contribution in [-0.2, 0) is 6.42 Å². The van der Waals surface area contributed by atoms with E-state index in [1.165, 1.54) is 5.56 Å². The number of rotatable bonds is 2. The maximum atomic E-state index is 13.3. The molecule has 2 aliphatic rings. The van der Waals surface area contributed by atoms with Gasteiger partial charge in [-0.3, -0.25) is 4.79 Å². The minimum Gasteiger partial charge on any atom is -0.388 e. The van der Waals surface area contributed by atoms with Crippen molar-refractivity contribution in [2.24, 2.45) is 5.92 Å². The summed E-state index contributed by atoms with van der Waals surface area (Å²) < 4.78 is 0. The maximum Gasteiger partial charge on any atom is 0.259 e. The highest BCUT2D eigenvalue weighted by Crippen LogP contribution is 2.50. The molecule has 1 amide bonds. The molecule has 134 valence electrons. The Morgan fingerprint density at radius 1 is 0.889 bits per heavy atom. The zero-order valence-corrected chi connectivity index (χ0v) is 15.2. The molecule has 3 heteroatoms. The van der Waals surface area contributed by atoms with Crippen LogP contribution in [-0.4, -0.2) is 11.0 Å². The molecule has 0 fully saturated rings. The zero-order chi connectivity index (χ0) is 18.5. The van der Waals surface area contributed by atoms with E-state index in [0.717, 1.165) is 34.4 Å². The molecule has 3 unspecified atom stereocenters. The molecule has 3 aromatic rings. The second-order valence-corrected chi connectivity index (χ2v) is 7.55. The van der Waals surface area contributed by atoms with E-state index in [1.54, 1.807) is 0 Å². The van der Waals surface area contributed by atoms with Crippen LogP contribution in [0.3, 0.4) is 0 Å². The molecule has 3 nitrogen and oxygen atoms in total. The van der Waals surface area contributed by atoms with Gasteiger partial charge in [-0.2, -0.15) is 0 Å². The van der Waals surface area contributed by atoms with Crippen molar-refractivity contribution in [1.29, 1.82) is 0 Å². The molecule has 0 saturated heterocycles. The van der Waals surface area contributed by atoms with Gasteiger partial charge in [0.15, 0.2) is 0 Å². The van der Waals surface area contributed by atoms with Crippen LogP contribution in [0.15, 0.2) is 72.8 Å². The van der Waals surface area contributed by atoms with Gasteiger partial charge in [0, 0.05) is 17.2 Å². The topological polar surface area (TPSA) is 40.5 Å². The Balaban J connectivity index is 1.63. The van der Waals surface area contributed by atoms with Gasteiger partial charge in [0.2, 0.25) is 0 Å². The zero-order valence-electron chi connectivity index (χ0n) is 15.2. The Morgan fingerprint density at radius 2 is 1.56 bits per heavy atom. The molecule has 27 heavy (non-hydrogen) atoms. The lowest BCUT2D eigenvalue weighted by atomic mass is 9.88. The maximum absolute atomic E-state index is 13.3. The Hall–Kier alpha value is -2.91. The molecule has 5 rings (SSSR count). The number of hydrogen-bond acceptors (Lipinski definition) is 2. The number of hydrogen-bond donors (Lipinski definition) is 1. The van der Waals surface area contributed by atoms with E-state index in [2.05, 4.69) is 6.07 Å². The van der Waals surface area contributed by atoms with E-state index in [4.69, 9.17) is 0 Å². The van der Waals surface area contributed by atoms with Crippen molar-refractivity contribution in [1.82, 2.24) is 0 Å². The molecule has 0 bridgehead atoms. The lowest BCUT2D eigenvalue weighted by Gasteiger charge is -2.32. The van der Waals surface area contributed by atoms with Gasteiger partial charge in [-0.05, 0) is 48.2 Å². The lowest BCUT2D eigenvalue weighted by Crippen LogP contribution is -2.34. The van der Waals surface area contributed by atoms with Crippen LogP contribution in [0.2, 0.25) is 0 Å². The van der Waals surface area contributed by atoms with Crippen LogP contribution >= 0.6 is 0 Å². The second-order valence-electron chi connectivity index (χ2n) is 7.55. The molecule has 0 radical (unpaired) electrons. The quantitative estimate of drug-likeness (QED) is 0.730. The third-order valence-electron chi connectivity index (χ3n) is 5.96. The summed E-state index contributed by atoms with van der Waals surface area (Å²) in [4.78, 5) is 15.2. The Kier molecular flexibility index (Phi) is 3.66. The van der Waals surface area contributed by atoms with Crippen molar-refractivity contribution in [3.63, 3.8) is 0 Å². The molecule has 0 spiro atoms. The van der Waals surface area contributed by atoms with Gasteiger partial charge in [0.05, 0.1) is 12.1 Å². The van der Waals surface area contributed by atoms with Gasteiger partial charge >= 0.3 is 0 Å². The fraction of sp³-hybridized carbons (Fsp3) is 0.208. The minimum atomic E-state index is -0.571. The average molecular weight is 355 g/mol. The van der Waals surface area contributed by atoms with Gasteiger partial charge in [-0.1, -0.05) is 60.2 Å². The highest BCUT2D eigenvalue weighted by atomic mass is 16.3. The number of carbonyl (C=O) groups is 1. The summed E-state index contributed by atoms with van der Waals surface area (Å²) in [5.74, 6) is -0.0427. The van der Waals surface area contributed by atoms with E-state index in [9.17, 15) is 9.90 Å². The summed E-state index contributed by atoms with van der Waals surface area (Å²) in [6, 6.07) is 23.8. The fourth-order valence-corrected chi connectivity index (χ4v) is 4.64. The van der Waals surface area contributed by atoms with E-state index in [1.807, 2.05) is 78.6 Å². The number of aryl methyl sites for hydroxylation is 1. The first-order valence-electron chi connectivity index (χ1n) is 9.40. The number of aliphatic hydroxyl groups is 1. The smallest absolute Gasteiger partial charge is 0.259 e. The second kappa shape index (κ2) is 6.07. The first kappa shape index (κ1) is 16.3. The summed E-state index contributed by atoms with van der Waals surface area (Å²) in [5, 5.41) is 11.1. The van der Waals surface area contributed by atoms with Gasteiger partial charge in [-0.25, -0.2) is 0 Å². The van der Waals surface area contributed by atoms with Gasteiger partial charge in [0.1, 0.15) is 0 Å². The molecular formula is C24H21NO2. The fourth-order valence-electron chi connectivity index (χ4n) is 4.64. The molecule has 0 aromatic heterocycles. The van der Waals surface area contributed by atoms with Gasteiger partial charge < -0.3 is 10.0 Å². The van der Waals surface area contributed by atoms with Crippen molar-refractivity contribution in [2.75, 3.05) is 4.90 Å². The molecule has 1 aliphatic carbocycles. The van der Waals surface area contributed by atoms with E-state index in [0.29, 0.717) is 0 Å². The predicted molar refractivity (Wildman–Crippen MR) is 106 cm³/mol. The van der Waals surface area contributed by atoms with Crippen molar-refractivity contribution in [3.05, 3.63) is 101 Å². The summed E-state index contributed by atoms with van der Waals surface area (Å²) >= 11 is 0. The van der Waals surface area contributed by atoms with Crippen LogP contribution in [0, 0.1) is 12.8 Å². The predicted octanol–water partition coefficient (Wildman–Crippen LogP) is 4.60. The Morgan fingerprint density at radius 3 is 2.30 bits per heavy atom. The van der Waals surface area contributed by atoms with Crippen LogP contribution in [0.25, 0.3) is 0 Å². The van der Waals surface area contributed by atoms with Gasteiger partial charge in [0.25, 0.3) is 5.91 Å². The van der Waals surface area contributed by atoms with E-state index in [-0.39, 0.29) is 17.9 Å². The number of fused-ring (bicyclic) bond motifs is 2. The number of anilines is 1. The van der Waals surface area contributed by atoms with Crippen LogP contribution in [0.5, 0.6) is 0 Å². The number of benzene rings is 3. The number of amides is 1. The van der Waals surface area contributed by atoms with E-state index >= 15 is 0 Å². The minimum absolute atomic E-state index is 0.0163. The highest BCUT2D eigenvalue weighted by Gasteiger charge is 2.47. The molecule has 0 saturated carbocycles. The average Bonchev–Trinajstić information content (AvgIpc) is 3.18. The van der Waals surface area contributed by atoms with Crippen molar-refractivity contribution in [2.45, 2.75) is 25.5 Å². The van der Waals surface area contributed by atoms with Crippen molar-refractivity contribution in [3.8, 4) is 0 Å². The molecule has 1 N–H and O–H groups in total. The standard InChI is InChI=1S/C24H21NO2/c1-15-10-12-17(13-11-15)25-22(19-8-4-5-9-20(19)24(25)27)21-14-16-6-2-3-7-18(16)23(21)26/h2-13,21-23,26H,14H2,1H3. The van der Waals surface area contributed by atoms with Crippen LogP contribution in [0.1, 0.15) is 44.8 Å². The summed E-state index contributed by atoms with van der Waals surface area (Å²) in [7, 11) is 0. The number of carbonyl (C=O) groups excluding carboxylic acids is 1. The monoisotopic (exact) mass is 355 g/mol. The molecule has 3 aromatic carbocycles. The van der Waals surface area contributed by atoms with Crippen LogP contribution in [0.4, 0.5) is 5.69 Å². The van der Waals surface area contributed by atoms with Crippen molar-refractivity contribution < 1.29 is 9.90 Å². The highest BCUT2D eigenvalue weighted by molar-refractivity contribution is 6.11. The third-order valence-corrected chi connectivity index (χ3v) is 5.96. The van der Waals surface area contributed by atoms with Crippen LogP contribution < -0.4 is 4.90 Å². The Bertz CT molecular complexity index is 1020. The SMILES string of the molecule is Cc1ccc(N2C(=O)c3ccccc3C2C2Cc3ccccc3C2O)cc1. The number of nitrogens with zero attached hydrogens (tertiary/aromatic N) is 1. The molecule has 1 aliphatic heterocycles. The first-order valence-corrected chi connectivity index (χ1v) is 9.40. The summed E-state index contributed by atoms with van der Waals surface area (Å²) in [5.41, 5.74) is 5.97.